The molecule has 106 valence electrons. The summed E-state index contributed by atoms with van der Waals surface area (Å²) in [6, 6.07) is 5.84. The molecular weight excluding hydrogens is 274 g/mol. The smallest absolute Gasteiger partial charge is 0.277 e. The molecule has 20 heavy (non-hydrogen) atoms. The van der Waals surface area contributed by atoms with Crippen molar-refractivity contribution in [1.82, 2.24) is 10.2 Å². The SMILES string of the molecule is CCc1nnc(SCC(=O)Nc2cccc(C)c2C)o1. The van der Waals surface area contributed by atoms with Crippen molar-refractivity contribution < 1.29 is 9.21 Å². The van der Waals surface area contributed by atoms with E-state index < -0.39 is 0 Å². The average Bonchev–Trinajstić information content (AvgIpc) is 2.90. The van der Waals surface area contributed by atoms with Crippen molar-refractivity contribution in [2.45, 2.75) is 32.4 Å². The Morgan fingerprint density at radius 3 is 2.85 bits per heavy atom. The molecule has 0 fully saturated rings. The van der Waals surface area contributed by atoms with Crippen molar-refractivity contribution in [3.63, 3.8) is 0 Å². The summed E-state index contributed by atoms with van der Waals surface area (Å²) in [5.74, 6) is 0.751. The lowest BCUT2D eigenvalue weighted by Crippen LogP contribution is -2.15. The Morgan fingerprint density at radius 2 is 2.15 bits per heavy atom. The molecular formula is C14H17N3O2S. The van der Waals surface area contributed by atoms with Gasteiger partial charge in [0.1, 0.15) is 0 Å². The Labute approximate surface area is 122 Å². The van der Waals surface area contributed by atoms with Gasteiger partial charge in [0.25, 0.3) is 5.22 Å². The molecule has 1 heterocycles. The van der Waals surface area contributed by atoms with Gasteiger partial charge in [-0.2, -0.15) is 0 Å². The second-order valence-electron chi connectivity index (χ2n) is 4.40. The molecule has 0 aliphatic heterocycles. The van der Waals surface area contributed by atoms with Crippen LogP contribution in [0.15, 0.2) is 27.8 Å². The number of thioether (sulfide) groups is 1. The maximum atomic E-state index is 11.9. The van der Waals surface area contributed by atoms with Crippen LogP contribution >= 0.6 is 11.8 Å². The fraction of sp³-hybridized carbons (Fsp3) is 0.357. The van der Waals surface area contributed by atoms with Crippen molar-refractivity contribution >= 4 is 23.4 Å². The van der Waals surface area contributed by atoms with Crippen molar-refractivity contribution in [2.75, 3.05) is 11.1 Å². The number of anilines is 1. The van der Waals surface area contributed by atoms with Crippen molar-refractivity contribution in [3.05, 3.63) is 35.2 Å². The van der Waals surface area contributed by atoms with E-state index in [4.69, 9.17) is 4.42 Å². The molecule has 1 amide bonds. The lowest BCUT2D eigenvalue weighted by Gasteiger charge is -2.09. The number of aryl methyl sites for hydroxylation is 2. The van der Waals surface area contributed by atoms with Gasteiger partial charge in [0, 0.05) is 12.1 Å². The summed E-state index contributed by atoms with van der Waals surface area (Å²) in [6.45, 7) is 5.95. The molecule has 0 bridgehead atoms. The van der Waals surface area contributed by atoms with Crippen LogP contribution in [0.5, 0.6) is 0 Å². The van der Waals surface area contributed by atoms with E-state index in [0.717, 1.165) is 16.8 Å². The number of nitrogens with one attached hydrogen (secondary N) is 1. The van der Waals surface area contributed by atoms with Crippen LogP contribution in [0.1, 0.15) is 23.9 Å². The minimum Gasteiger partial charge on any atom is -0.416 e. The van der Waals surface area contributed by atoms with Crippen LogP contribution in [-0.4, -0.2) is 21.9 Å². The van der Waals surface area contributed by atoms with Crippen LogP contribution in [0.3, 0.4) is 0 Å². The van der Waals surface area contributed by atoms with E-state index >= 15 is 0 Å². The summed E-state index contributed by atoms with van der Waals surface area (Å²) in [7, 11) is 0. The van der Waals surface area contributed by atoms with Gasteiger partial charge < -0.3 is 9.73 Å². The molecule has 2 rings (SSSR count). The Hall–Kier alpha value is -1.82. The van der Waals surface area contributed by atoms with E-state index in [1.54, 1.807) is 0 Å². The monoisotopic (exact) mass is 291 g/mol. The molecule has 1 aromatic heterocycles. The van der Waals surface area contributed by atoms with E-state index in [1.165, 1.54) is 11.8 Å². The summed E-state index contributed by atoms with van der Waals surface area (Å²) < 4.78 is 5.34. The molecule has 0 aliphatic rings. The standard InChI is InChI=1S/C14H17N3O2S/c1-4-13-16-17-14(19-13)20-8-12(18)15-11-7-5-6-9(2)10(11)3/h5-7H,4,8H2,1-3H3,(H,15,18). The molecule has 1 N–H and O–H groups in total. The summed E-state index contributed by atoms with van der Waals surface area (Å²) in [5.41, 5.74) is 3.08. The Balaban J connectivity index is 1.91. The van der Waals surface area contributed by atoms with Gasteiger partial charge in [-0.1, -0.05) is 30.8 Å². The van der Waals surface area contributed by atoms with Crippen molar-refractivity contribution in [1.29, 1.82) is 0 Å². The number of benzene rings is 1. The fourth-order valence-corrected chi connectivity index (χ4v) is 2.22. The van der Waals surface area contributed by atoms with Crippen molar-refractivity contribution in [3.8, 4) is 0 Å². The third kappa shape index (κ3) is 3.60. The van der Waals surface area contributed by atoms with Gasteiger partial charge in [-0.15, -0.1) is 10.2 Å². The molecule has 0 unspecified atom stereocenters. The lowest BCUT2D eigenvalue weighted by molar-refractivity contribution is -0.113. The second kappa shape index (κ2) is 6.56. The molecule has 6 heteroatoms. The van der Waals surface area contributed by atoms with Crippen LogP contribution in [0.4, 0.5) is 5.69 Å². The zero-order chi connectivity index (χ0) is 14.5. The van der Waals surface area contributed by atoms with E-state index in [2.05, 4.69) is 15.5 Å². The third-order valence-corrected chi connectivity index (χ3v) is 3.77. The maximum absolute atomic E-state index is 11.9. The van der Waals surface area contributed by atoms with E-state index in [9.17, 15) is 4.79 Å². The van der Waals surface area contributed by atoms with Crippen molar-refractivity contribution in [2.24, 2.45) is 0 Å². The molecule has 0 saturated heterocycles. The predicted octanol–water partition coefficient (Wildman–Crippen LogP) is 2.98. The normalized spacial score (nSPS) is 10.6. The first-order valence-electron chi connectivity index (χ1n) is 6.41. The topological polar surface area (TPSA) is 68.0 Å². The summed E-state index contributed by atoms with van der Waals surface area (Å²) in [5, 5.41) is 11.0. The largest absolute Gasteiger partial charge is 0.416 e. The Morgan fingerprint density at radius 1 is 1.35 bits per heavy atom. The van der Waals surface area contributed by atoms with Crippen LogP contribution in [-0.2, 0) is 11.2 Å². The summed E-state index contributed by atoms with van der Waals surface area (Å²) in [6.07, 6.45) is 0.697. The van der Waals surface area contributed by atoms with Crippen LogP contribution < -0.4 is 5.32 Å². The van der Waals surface area contributed by atoms with Crippen LogP contribution in [0.2, 0.25) is 0 Å². The highest BCUT2D eigenvalue weighted by Crippen LogP contribution is 2.20. The molecule has 0 saturated carbocycles. The van der Waals surface area contributed by atoms with Gasteiger partial charge in [0.05, 0.1) is 5.75 Å². The van der Waals surface area contributed by atoms with Gasteiger partial charge in [-0.3, -0.25) is 4.79 Å². The first-order chi connectivity index (χ1) is 9.60. The summed E-state index contributed by atoms with van der Waals surface area (Å²) in [4.78, 5) is 11.9. The first-order valence-corrected chi connectivity index (χ1v) is 7.40. The number of rotatable bonds is 5. The lowest BCUT2D eigenvalue weighted by atomic mass is 10.1. The zero-order valence-corrected chi connectivity index (χ0v) is 12.6. The van der Waals surface area contributed by atoms with Crippen LogP contribution in [0, 0.1) is 13.8 Å². The number of aromatic nitrogens is 2. The molecule has 0 radical (unpaired) electrons. The van der Waals surface area contributed by atoms with E-state index in [0.29, 0.717) is 17.5 Å². The van der Waals surface area contributed by atoms with E-state index in [-0.39, 0.29) is 11.7 Å². The molecule has 0 aliphatic carbocycles. The maximum Gasteiger partial charge on any atom is 0.277 e. The highest BCUT2D eigenvalue weighted by atomic mass is 32.2. The third-order valence-electron chi connectivity index (χ3n) is 2.96. The molecule has 5 nitrogen and oxygen atoms in total. The Bertz CT molecular complexity index is 610. The highest BCUT2D eigenvalue weighted by molar-refractivity contribution is 7.99. The zero-order valence-electron chi connectivity index (χ0n) is 11.8. The van der Waals surface area contributed by atoms with Gasteiger partial charge in [-0.25, -0.2) is 0 Å². The molecule has 2 aromatic rings. The number of hydrogen-bond acceptors (Lipinski definition) is 5. The number of nitrogens with zero attached hydrogens (tertiary/aromatic N) is 2. The predicted molar refractivity (Wildman–Crippen MR) is 78.9 cm³/mol. The molecule has 0 spiro atoms. The van der Waals surface area contributed by atoms with Gasteiger partial charge >= 0.3 is 0 Å². The van der Waals surface area contributed by atoms with Crippen LogP contribution in [0.25, 0.3) is 0 Å². The number of carbonyl (C=O) groups excluding carboxylic acids is 1. The fourth-order valence-electron chi connectivity index (χ4n) is 1.64. The number of carbonyl (C=O) groups is 1. The Kier molecular flexibility index (Phi) is 4.79. The number of hydrogen-bond donors (Lipinski definition) is 1. The average molecular weight is 291 g/mol. The number of amides is 1. The molecule has 1 aromatic carbocycles. The van der Waals surface area contributed by atoms with Gasteiger partial charge in [0.2, 0.25) is 11.8 Å². The summed E-state index contributed by atoms with van der Waals surface area (Å²) >= 11 is 1.24. The quantitative estimate of drug-likeness (QED) is 0.858. The minimum atomic E-state index is -0.0834. The van der Waals surface area contributed by atoms with Gasteiger partial charge in [-0.05, 0) is 31.0 Å². The first kappa shape index (κ1) is 14.6. The highest BCUT2D eigenvalue weighted by Gasteiger charge is 2.10. The van der Waals surface area contributed by atoms with Gasteiger partial charge in [0.15, 0.2) is 0 Å². The van der Waals surface area contributed by atoms with E-state index in [1.807, 2.05) is 39.0 Å². The minimum absolute atomic E-state index is 0.0834. The molecule has 0 atom stereocenters. The second-order valence-corrected chi connectivity index (χ2v) is 5.33.